The number of rotatable bonds is 1. The molecule has 0 atom stereocenters. The van der Waals surface area contributed by atoms with Crippen molar-refractivity contribution < 1.29 is 0 Å². The molecule has 0 bridgehead atoms. The Kier molecular flexibility index (Phi) is 3.07. The van der Waals surface area contributed by atoms with Gasteiger partial charge in [-0.25, -0.2) is 4.98 Å². The van der Waals surface area contributed by atoms with Gasteiger partial charge in [0, 0.05) is 29.5 Å². The summed E-state index contributed by atoms with van der Waals surface area (Å²) in [5.41, 5.74) is 6.52. The Hall–Kier alpha value is -3.64. The molecule has 2 heterocycles. The van der Waals surface area contributed by atoms with Crippen LogP contribution in [0.4, 0.5) is 11.4 Å². The Morgan fingerprint density at radius 3 is 2.69 bits per heavy atom. The molecule has 26 heavy (non-hydrogen) atoms. The molecule has 3 aromatic carbocycles. The van der Waals surface area contributed by atoms with Crippen LogP contribution in [0.15, 0.2) is 66.7 Å². The van der Waals surface area contributed by atoms with E-state index in [0.29, 0.717) is 0 Å². The number of nitrogens with zero attached hydrogens (tertiary/aromatic N) is 3. The first kappa shape index (κ1) is 14.7. The van der Waals surface area contributed by atoms with Gasteiger partial charge in [0.05, 0.1) is 28.7 Å². The Bertz CT molecular complexity index is 1260. The normalized spacial score (nSPS) is 12.5. The van der Waals surface area contributed by atoms with Crippen LogP contribution in [0.1, 0.15) is 5.56 Å². The van der Waals surface area contributed by atoms with Crippen LogP contribution >= 0.6 is 0 Å². The van der Waals surface area contributed by atoms with E-state index in [1.54, 1.807) is 0 Å². The van der Waals surface area contributed by atoms with Crippen LogP contribution in [0.25, 0.3) is 39.0 Å². The molecule has 1 aromatic heterocycles. The van der Waals surface area contributed by atoms with Gasteiger partial charge in [0.25, 0.3) is 0 Å². The summed E-state index contributed by atoms with van der Waals surface area (Å²) in [4.78, 5) is 7.25. The van der Waals surface area contributed by atoms with Gasteiger partial charge in [-0.15, -0.1) is 0 Å². The van der Waals surface area contributed by atoms with E-state index in [1.165, 1.54) is 28.2 Å². The molecule has 0 saturated heterocycles. The lowest BCUT2D eigenvalue weighted by atomic mass is 9.93. The molecule has 0 spiro atoms. The van der Waals surface area contributed by atoms with Gasteiger partial charge in [0.1, 0.15) is 0 Å². The summed E-state index contributed by atoms with van der Waals surface area (Å²) in [7, 11) is 2.10. The van der Waals surface area contributed by atoms with E-state index >= 15 is 0 Å². The Labute approximate surface area is 151 Å². The lowest BCUT2D eigenvalue weighted by Gasteiger charge is -2.30. The zero-order valence-electron chi connectivity index (χ0n) is 14.3. The minimum absolute atomic E-state index is 0.970. The molecule has 5 rings (SSSR count). The number of nitriles is 1. The van der Waals surface area contributed by atoms with Crippen molar-refractivity contribution in [1.82, 2.24) is 4.98 Å². The van der Waals surface area contributed by atoms with Crippen molar-refractivity contribution >= 4 is 39.1 Å². The highest BCUT2D eigenvalue weighted by atomic mass is 15.1. The SMILES string of the molecule is CN1c2ccccc2-c2nc3ccc(/C=C/C#N)cc3c3cccc1c23. The first-order valence-electron chi connectivity index (χ1n) is 8.54. The predicted octanol–water partition coefficient (Wildman–Crippen LogP) is 5.67. The molecule has 0 radical (unpaired) electrons. The number of fused-ring (bicyclic) bond motifs is 4. The zero-order chi connectivity index (χ0) is 17.7. The maximum atomic E-state index is 8.79. The third-order valence-corrected chi connectivity index (χ3v) is 5.05. The number of para-hydroxylation sites is 1. The largest absolute Gasteiger partial charge is 0.343 e. The van der Waals surface area contributed by atoms with E-state index in [-0.39, 0.29) is 0 Å². The molecule has 0 fully saturated rings. The van der Waals surface area contributed by atoms with Gasteiger partial charge in [-0.3, -0.25) is 0 Å². The van der Waals surface area contributed by atoms with Crippen molar-refractivity contribution in [1.29, 1.82) is 5.26 Å². The van der Waals surface area contributed by atoms with Crippen molar-refractivity contribution in [2.75, 3.05) is 11.9 Å². The first-order chi connectivity index (χ1) is 12.8. The summed E-state index contributed by atoms with van der Waals surface area (Å²) in [5, 5.41) is 12.3. The molecule has 3 nitrogen and oxygen atoms in total. The molecule has 1 aliphatic rings. The number of pyridine rings is 1. The molecule has 122 valence electrons. The summed E-state index contributed by atoms with van der Waals surface area (Å²) < 4.78 is 0. The highest BCUT2D eigenvalue weighted by Gasteiger charge is 2.24. The van der Waals surface area contributed by atoms with E-state index in [0.717, 1.165) is 27.7 Å². The fraction of sp³-hybridized carbons (Fsp3) is 0.0435. The summed E-state index contributed by atoms with van der Waals surface area (Å²) in [6, 6.07) is 23.0. The first-order valence-corrected chi connectivity index (χ1v) is 8.54. The van der Waals surface area contributed by atoms with Crippen molar-refractivity contribution in [3.8, 4) is 17.3 Å². The van der Waals surface area contributed by atoms with E-state index in [2.05, 4.69) is 66.5 Å². The summed E-state index contributed by atoms with van der Waals surface area (Å²) >= 11 is 0. The Morgan fingerprint density at radius 1 is 0.962 bits per heavy atom. The topological polar surface area (TPSA) is 39.9 Å². The number of aromatic nitrogens is 1. The van der Waals surface area contributed by atoms with Crippen molar-refractivity contribution in [3.63, 3.8) is 0 Å². The second-order valence-electron chi connectivity index (χ2n) is 6.48. The number of benzene rings is 3. The molecule has 0 amide bonds. The van der Waals surface area contributed by atoms with Crippen molar-refractivity contribution in [2.24, 2.45) is 0 Å². The smallest absolute Gasteiger partial charge is 0.0912 e. The Morgan fingerprint density at radius 2 is 1.81 bits per heavy atom. The Balaban J connectivity index is 1.93. The van der Waals surface area contributed by atoms with Gasteiger partial charge in [-0.1, -0.05) is 36.4 Å². The third-order valence-electron chi connectivity index (χ3n) is 5.05. The quantitative estimate of drug-likeness (QED) is 0.333. The van der Waals surface area contributed by atoms with Crippen LogP contribution in [0, 0.1) is 11.3 Å². The molecule has 4 aromatic rings. The lowest BCUT2D eigenvalue weighted by Crippen LogP contribution is -2.15. The average Bonchev–Trinajstić information content (AvgIpc) is 2.70. The van der Waals surface area contributed by atoms with Gasteiger partial charge >= 0.3 is 0 Å². The predicted molar refractivity (Wildman–Crippen MR) is 107 cm³/mol. The van der Waals surface area contributed by atoms with Crippen LogP contribution in [0.5, 0.6) is 0 Å². The number of anilines is 2. The molecular weight excluding hydrogens is 318 g/mol. The minimum Gasteiger partial charge on any atom is -0.343 e. The van der Waals surface area contributed by atoms with Gasteiger partial charge in [0.2, 0.25) is 0 Å². The van der Waals surface area contributed by atoms with Crippen LogP contribution in [-0.4, -0.2) is 12.0 Å². The van der Waals surface area contributed by atoms with E-state index in [1.807, 2.05) is 18.2 Å². The molecule has 0 aliphatic carbocycles. The molecule has 0 saturated carbocycles. The standard InChI is InChI=1S/C23H15N3/c1-26-20-9-3-2-7-17(20)23-22-16(8-4-10-21(22)26)18-14-15(6-5-13-24)11-12-19(18)25-23/h2-12,14H,1H3/b6-5+. The highest BCUT2D eigenvalue weighted by Crippen LogP contribution is 2.47. The van der Waals surface area contributed by atoms with Crippen LogP contribution in [-0.2, 0) is 0 Å². The average molecular weight is 333 g/mol. The maximum Gasteiger partial charge on any atom is 0.0912 e. The van der Waals surface area contributed by atoms with Crippen LogP contribution in [0.2, 0.25) is 0 Å². The zero-order valence-corrected chi connectivity index (χ0v) is 14.3. The second kappa shape index (κ2) is 5.44. The molecule has 0 N–H and O–H groups in total. The summed E-state index contributed by atoms with van der Waals surface area (Å²) in [5.74, 6) is 0. The van der Waals surface area contributed by atoms with Gasteiger partial charge in [-0.05, 0) is 41.3 Å². The fourth-order valence-corrected chi connectivity index (χ4v) is 3.86. The third kappa shape index (κ3) is 1.96. The summed E-state index contributed by atoms with van der Waals surface area (Å²) in [6.07, 6.45) is 3.33. The number of hydrogen-bond donors (Lipinski definition) is 0. The maximum absolute atomic E-state index is 8.79. The van der Waals surface area contributed by atoms with Crippen molar-refractivity contribution in [2.45, 2.75) is 0 Å². The second-order valence-corrected chi connectivity index (χ2v) is 6.48. The van der Waals surface area contributed by atoms with Gasteiger partial charge < -0.3 is 4.90 Å². The van der Waals surface area contributed by atoms with E-state index < -0.39 is 0 Å². The minimum atomic E-state index is 0.970. The van der Waals surface area contributed by atoms with Crippen molar-refractivity contribution in [3.05, 3.63) is 72.3 Å². The van der Waals surface area contributed by atoms with Crippen LogP contribution < -0.4 is 4.90 Å². The van der Waals surface area contributed by atoms with E-state index in [4.69, 9.17) is 10.2 Å². The van der Waals surface area contributed by atoms with E-state index in [9.17, 15) is 0 Å². The molecule has 3 heteroatoms. The monoisotopic (exact) mass is 333 g/mol. The van der Waals surface area contributed by atoms with Crippen LogP contribution in [0.3, 0.4) is 0 Å². The number of allylic oxidation sites excluding steroid dienone is 1. The highest BCUT2D eigenvalue weighted by molar-refractivity contribution is 6.19. The van der Waals surface area contributed by atoms with Gasteiger partial charge in [-0.2, -0.15) is 5.26 Å². The number of hydrogen-bond acceptors (Lipinski definition) is 3. The fourth-order valence-electron chi connectivity index (χ4n) is 3.86. The summed E-state index contributed by atoms with van der Waals surface area (Å²) in [6.45, 7) is 0. The van der Waals surface area contributed by atoms with Gasteiger partial charge in [0.15, 0.2) is 0 Å². The molecule has 0 unspecified atom stereocenters. The molecule has 1 aliphatic heterocycles. The molecular formula is C23H15N3. The lowest BCUT2D eigenvalue weighted by molar-refractivity contribution is 1.20.